The van der Waals surface area contributed by atoms with E-state index in [0.29, 0.717) is 19.8 Å². The van der Waals surface area contributed by atoms with Crippen LogP contribution in [0.3, 0.4) is 0 Å². The second kappa shape index (κ2) is 7.56. The van der Waals surface area contributed by atoms with E-state index in [9.17, 15) is 9.90 Å². The number of carbonyl (C=O) groups is 1. The van der Waals surface area contributed by atoms with E-state index in [1.54, 1.807) is 6.08 Å². The number of hydrogen-bond donors (Lipinski definition) is 2. The third-order valence-electron chi connectivity index (χ3n) is 4.20. The molecular weight excluding hydrogens is 278 g/mol. The number of benzene rings is 1. The SMILES string of the molecule is Cc1cc(C)cc(/C=C/C(=O)NCC2(CO)CCOCC2)c1. The molecule has 0 radical (unpaired) electrons. The molecule has 1 amide bonds. The predicted octanol–water partition coefficient (Wildman–Crippen LogP) is 2.22. The predicted molar refractivity (Wildman–Crippen MR) is 87.5 cm³/mol. The van der Waals surface area contributed by atoms with Crippen molar-refractivity contribution >= 4 is 12.0 Å². The molecule has 0 unspecified atom stereocenters. The van der Waals surface area contributed by atoms with E-state index in [2.05, 4.69) is 11.4 Å². The maximum atomic E-state index is 12.0. The number of rotatable bonds is 5. The molecule has 1 aromatic carbocycles. The number of amides is 1. The smallest absolute Gasteiger partial charge is 0.244 e. The number of aryl methyl sites for hydroxylation is 2. The normalized spacial score (nSPS) is 17.6. The lowest BCUT2D eigenvalue weighted by atomic mass is 9.81. The number of hydrogen-bond acceptors (Lipinski definition) is 3. The van der Waals surface area contributed by atoms with Crippen molar-refractivity contribution < 1.29 is 14.6 Å². The minimum absolute atomic E-state index is 0.0808. The molecule has 1 aliphatic heterocycles. The lowest BCUT2D eigenvalue weighted by Gasteiger charge is -2.35. The van der Waals surface area contributed by atoms with E-state index < -0.39 is 0 Å². The van der Waals surface area contributed by atoms with E-state index in [0.717, 1.165) is 18.4 Å². The zero-order chi connectivity index (χ0) is 16.0. The molecule has 1 aromatic rings. The second-order valence-electron chi connectivity index (χ2n) is 6.24. The molecule has 1 heterocycles. The van der Waals surface area contributed by atoms with Crippen LogP contribution in [0.2, 0.25) is 0 Å². The van der Waals surface area contributed by atoms with Gasteiger partial charge in [0, 0.05) is 31.2 Å². The summed E-state index contributed by atoms with van der Waals surface area (Å²) in [6.45, 7) is 5.95. The molecule has 0 bridgehead atoms. The van der Waals surface area contributed by atoms with Crippen molar-refractivity contribution in [2.24, 2.45) is 5.41 Å². The summed E-state index contributed by atoms with van der Waals surface area (Å²) in [5.41, 5.74) is 3.15. The molecule has 1 aliphatic rings. The van der Waals surface area contributed by atoms with Crippen LogP contribution in [0.1, 0.15) is 29.5 Å². The molecule has 0 atom stereocenters. The van der Waals surface area contributed by atoms with E-state index in [4.69, 9.17) is 4.74 Å². The Balaban J connectivity index is 1.90. The van der Waals surface area contributed by atoms with Crippen molar-refractivity contribution in [3.63, 3.8) is 0 Å². The van der Waals surface area contributed by atoms with Crippen LogP contribution in [0.15, 0.2) is 24.3 Å². The molecule has 22 heavy (non-hydrogen) atoms. The van der Waals surface area contributed by atoms with Crippen LogP contribution in [0.4, 0.5) is 0 Å². The fraction of sp³-hybridized carbons (Fsp3) is 0.500. The van der Waals surface area contributed by atoms with Crippen LogP contribution in [0.25, 0.3) is 6.08 Å². The number of carbonyl (C=O) groups excluding carboxylic acids is 1. The van der Waals surface area contributed by atoms with Gasteiger partial charge >= 0.3 is 0 Å². The van der Waals surface area contributed by atoms with Crippen molar-refractivity contribution in [2.75, 3.05) is 26.4 Å². The average molecular weight is 303 g/mol. The van der Waals surface area contributed by atoms with Crippen molar-refractivity contribution in [3.05, 3.63) is 41.0 Å². The first-order valence-electron chi connectivity index (χ1n) is 7.76. The molecule has 1 saturated heterocycles. The first-order chi connectivity index (χ1) is 10.5. The Morgan fingerprint density at radius 2 is 1.91 bits per heavy atom. The average Bonchev–Trinajstić information content (AvgIpc) is 2.51. The maximum absolute atomic E-state index is 12.0. The van der Waals surface area contributed by atoms with Gasteiger partial charge in [0.2, 0.25) is 5.91 Å². The third-order valence-corrected chi connectivity index (χ3v) is 4.20. The number of aliphatic hydroxyl groups is 1. The Hall–Kier alpha value is -1.65. The van der Waals surface area contributed by atoms with Crippen LogP contribution in [0.5, 0.6) is 0 Å². The van der Waals surface area contributed by atoms with Gasteiger partial charge < -0.3 is 15.2 Å². The van der Waals surface area contributed by atoms with Gasteiger partial charge in [0.15, 0.2) is 0 Å². The molecule has 4 heteroatoms. The van der Waals surface area contributed by atoms with Gasteiger partial charge in [0.25, 0.3) is 0 Å². The third kappa shape index (κ3) is 4.68. The highest BCUT2D eigenvalue weighted by Gasteiger charge is 2.32. The minimum Gasteiger partial charge on any atom is -0.396 e. The van der Waals surface area contributed by atoms with Crippen molar-refractivity contribution in [2.45, 2.75) is 26.7 Å². The first-order valence-corrected chi connectivity index (χ1v) is 7.76. The van der Waals surface area contributed by atoms with Crippen LogP contribution in [0, 0.1) is 19.3 Å². The monoisotopic (exact) mass is 303 g/mol. The highest BCUT2D eigenvalue weighted by molar-refractivity contribution is 5.91. The Bertz CT molecular complexity index is 525. The lowest BCUT2D eigenvalue weighted by molar-refractivity contribution is -0.117. The zero-order valence-corrected chi connectivity index (χ0v) is 13.4. The molecule has 4 nitrogen and oxygen atoms in total. The molecule has 0 aliphatic carbocycles. The van der Waals surface area contributed by atoms with Crippen molar-refractivity contribution in [1.82, 2.24) is 5.32 Å². The molecule has 2 N–H and O–H groups in total. The topological polar surface area (TPSA) is 58.6 Å². The van der Waals surface area contributed by atoms with E-state index in [1.807, 2.05) is 32.1 Å². The molecule has 1 fully saturated rings. The van der Waals surface area contributed by atoms with Crippen LogP contribution in [-0.4, -0.2) is 37.4 Å². The summed E-state index contributed by atoms with van der Waals surface area (Å²) >= 11 is 0. The van der Waals surface area contributed by atoms with E-state index >= 15 is 0 Å². The zero-order valence-electron chi connectivity index (χ0n) is 13.4. The quantitative estimate of drug-likeness (QED) is 0.820. The van der Waals surface area contributed by atoms with Crippen LogP contribution in [-0.2, 0) is 9.53 Å². The molecule has 120 valence electrons. The molecule has 2 rings (SSSR count). The summed E-state index contributed by atoms with van der Waals surface area (Å²) < 4.78 is 5.32. The highest BCUT2D eigenvalue weighted by Crippen LogP contribution is 2.28. The molecular formula is C18H25NO3. The first kappa shape index (κ1) is 16.7. The number of ether oxygens (including phenoxy) is 1. The van der Waals surface area contributed by atoms with E-state index in [-0.39, 0.29) is 17.9 Å². The standard InChI is InChI=1S/C18H25NO3/c1-14-9-15(2)11-16(10-14)3-4-17(21)19-12-18(13-20)5-7-22-8-6-18/h3-4,9-11,20H,5-8,12-13H2,1-2H3,(H,19,21)/b4-3+. The van der Waals surface area contributed by atoms with Crippen LogP contribution >= 0.6 is 0 Å². The summed E-state index contributed by atoms with van der Waals surface area (Å²) in [4.78, 5) is 12.0. The van der Waals surface area contributed by atoms with Crippen LogP contribution < -0.4 is 5.32 Å². The van der Waals surface area contributed by atoms with Crippen molar-refractivity contribution in [1.29, 1.82) is 0 Å². The summed E-state index contributed by atoms with van der Waals surface area (Å²) in [5, 5.41) is 12.5. The van der Waals surface area contributed by atoms with Gasteiger partial charge in [-0.05, 0) is 38.3 Å². The van der Waals surface area contributed by atoms with E-state index in [1.165, 1.54) is 11.1 Å². The summed E-state index contributed by atoms with van der Waals surface area (Å²) in [5.74, 6) is -0.126. The molecule has 0 spiro atoms. The lowest BCUT2D eigenvalue weighted by Crippen LogP contribution is -2.43. The molecule has 0 saturated carbocycles. The van der Waals surface area contributed by atoms with Gasteiger partial charge in [0.1, 0.15) is 0 Å². The summed E-state index contributed by atoms with van der Waals surface area (Å²) in [6, 6.07) is 6.20. The van der Waals surface area contributed by atoms with Gasteiger partial charge in [-0.15, -0.1) is 0 Å². The van der Waals surface area contributed by atoms with Gasteiger partial charge in [-0.2, -0.15) is 0 Å². The number of aliphatic hydroxyl groups excluding tert-OH is 1. The van der Waals surface area contributed by atoms with Gasteiger partial charge in [-0.1, -0.05) is 29.3 Å². The van der Waals surface area contributed by atoms with Gasteiger partial charge in [-0.25, -0.2) is 0 Å². The number of nitrogens with one attached hydrogen (secondary N) is 1. The van der Waals surface area contributed by atoms with Crippen molar-refractivity contribution in [3.8, 4) is 0 Å². The fourth-order valence-electron chi connectivity index (χ4n) is 2.81. The summed E-state index contributed by atoms with van der Waals surface area (Å²) in [7, 11) is 0. The van der Waals surface area contributed by atoms with Gasteiger partial charge in [-0.3, -0.25) is 4.79 Å². The summed E-state index contributed by atoms with van der Waals surface area (Å²) in [6.07, 6.45) is 4.94. The second-order valence-corrected chi connectivity index (χ2v) is 6.24. The Morgan fingerprint density at radius 3 is 2.50 bits per heavy atom. The minimum atomic E-state index is -0.234. The Morgan fingerprint density at radius 1 is 1.27 bits per heavy atom. The Labute approximate surface area is 132 Å². The maximum Gasteiger partial charge on any atom is 0.244 e. The molecule has 0 aromatic heterocycles. The fourth-order valence-corrected chi connectivity index (χ4v) is 2.81. The largest absolute Gasteiger partial charge is 0.396 e. The van der Waals surface area contributed by atoms with Gasteiger partial charge in [0.05, 0.1) is 6.61 Å². The highest BCUT2D eigenvalue weighted by atomic mass is 16.5. The Kier molecular flexibility index (Phi) is 5.75.